The summed E-state index contributed by atoms with van der Waals surface area (Å²) in [5.41, 5.74) is 0.0275. The zero-order valence-electron chi connectivity index (χ0n) is 11.6. The van der Waals surface area contributed by atoms with Crippen LogP contribution in [0.2, 0.25) is 0 Å². The minimum atomic E-state index is -4.31. The smallest absolute Gasteiger partial charge is 0.166 e. The number of hydrogen-bond donors (Lipinski definition) is 0. The highest BCUT2D eigenvalue weighted by Gasteiger charge is 2.35. The van der Waals surface area contributed by atoms with Crippen molar-refractivity contribution in [3.05, 3.63) is 33.8 Å². The van der Waals surface area contributed by atoms with Gasteiger partial charge >= 0.3 is 6.18 Å². The Morgan fingerprint density at radius 3 is 2.00 bits per heavy atom. The third-order valence-electron chi connectivity index (χ3n) is 3.57. The molecule has 0 aliphatic heterocycles. The molecule has 0 saturated carbocycles. The van der Waals surface area contributed by atoms with Gasteiger partial charge in [-0.1, -0.05) is 55.6 Å². The summed E-state index contributed by atoms with van der Waals surface area (Å²) in [4.78, 5) is 0. The van der Waals surface area contributed by atoms with Crippen molar-refractivity contribution in [2.75, 3.05) is 0 Å². The normalized spacial score (nSPS) is 12.8. The molecule has 0 N–H and O–H groups in total. The molecule has 0 spiro atoms. The van der Waals surface area contributed by atoms with Crippen molar-refractivity contribution >= 4 is 15.9 Å². The second kappa shape index (κ2) is 6.29. The van der Waals surface area contributed by atoms with Gasteiger partial charge in [0.2, 0.25) is 0 Å². The molecule has 19 heavy (non-hydrogen) atoms. The first-order chi connectivity index (χ1) is 8.74. The molecule has 1 rings (SSSR count). The molecule has 1 aromatic carbocycles. The lowest BCUT2D eigenvalue weighted by atomic mass is 9.75. The molecule has 0 aliphatic rings. The first-order valence-corrected chi connectivity index (χ1v) is 7.41. The van der Waals surface area contributed by atoms with Crippen LogP contribution in [0.3, 0.4) is 0 Å². The quantitative estimate of drug-likeness (QED) is 0.589. The van der Waals surface area contributed by atoms with E-state index < -0.39 is 11.7 Å². The molecule has 0 unspecified atom stereocenters. The maximum Gasteiger partial charge on any atom is 0.417 e. The van der Waals surface area contributed by atoms with Crippen LogP contribution in [0.1, 0.15) is 57.6 Å². The topological polar surface area (TPSA) is 0 Å². The first kappa shape index (κ1) is 16.5. The van der Waals surface area contributed by atoms with Crippen LogP contribution in [0, 0.1) is 0 Å². The molecular formula is C15H20BrF3. The zero-order valence-corrected chi connectivity index (χ0v) is 13.2. The van der Waals surface area contributed by atoms with Crippen LogP contribution in [0.15, 0.2) is 22.7 Å². The standard InChI is InChI=1S/C15H20BrF3/c1-4-8-14(3,9-5-2)11-6-7-13(16)12(10-11)15(17,18)19/h6-7,10H,4-5,8-9H2,1-3H3. The van der Waals surface area contributed by atoms with Gasteiger partial charge in [-0.3, -0.25) is 0 Å². The largest absolute Gasteiger partial charge is 0.417 e. The van der Waals surface area contributed by atoms with Gasteiger partial charge in [-0.15, -0.1) is 0 Å². The maximum absolute atomic E-state index is 13.0. The molecule has 0 bridgehead atoms. The first-order valence-electron chi connectivity index (χ1n) is 6.62. The zero-order chi connectivity index (χ0) is 14.7. The van der Waals surface area contributed by atoms with E-state index in [1.165, 1.54) is 12.1 Å². The Balaban J connectivity index is 3.26. The van der Waals surface area contributed by atoms with Crippen LogP contribution >= 0.6 is 15.9 Å². The second-order valence-electron chi connectivity index (χ2n) is 5.25. The fraction of sp³-hybridized carbons (Fsp3) is 0.600. The van der Waals surface area contributed by atoms with E-state index in [2.05, 4.69) is 36.7 Å². The minimum Gasteiger partial charge on any atom is -0.166 e. The highest BCUT2D eigenvalue weighted by atomic mass is 79.9. The van der Waals surface area contributed by atoms with E-state index in [-0.39, 0.29) is 9.89 Å². The summed E-state index contributed by atoms with van der Waals surface area (Å²) in [6.45, 7) is 6.19. The van der Waals surface area contributed by atoms with Gasteiger partial charge in [-0.05, 0) is 36.0 Å². The molecule has 108 valence electrons. The molecule has 0 heterocycles. The van der Waals surface area contributed by atoms with Crippen LogP contribution in [-0.2, 0) is 11.6 Å². The number of benzene rings is 1. The number of halogens is 4. The van der Waals surface area contributed by atoms with Gasteiger partial charge in [0.1, 0.15) is 0 Å². The molecule has 0 saturated heterocycles. The van der Waals surface area contributed by atoms with E-state index in [0.717, 1.165) is 31.2 Å². The molecule has 0 atom stereocenters. The van der Waals surface area contributed by atoms with Gasteiger partial charge in [0, 0.05) is 4.47 Å². The summed E-state index contributed by atoms with van der Waals surface area (Å²) < 4.78 is 39.0. The fourth-order valence-corrected chi connectivity index (χ4v) is 3.11. The Kier molecular flexibility index (Phi) is 5.48. The van der Waals surface area contributed by atoms with Crippen LogP contribution in [0.4, 0.5) is 13.2 Å². The molecule has 0 aromatic heterocycles. The number of rotatable bonds is 5. The van der Waals surface area contributed by atoms with E-state index >= 15 is 0 Å². The average molecular weight is 337 g/mol. The Hall–Kier alpha value is -0.510. The van der Waals surface area contributed by atoms with E-state index in [0.29, 0.717) is 0 Å². The minimum absolute atomic E-state index is 0.110. The SMILES string of the molecule is CCCC(C)(CCC)c1ccc(Br)c(C(F)(F)F)c1. The predicted molar refractivity (Wildman–Crippen MR) is 76.3 cm³/mol. The van der Waals surface area contributed by atoms with E-state index in [4.69, 9.17) is 0 Å². The van der Waals surface area contributed by atoms with E-state index in [9.17, 15) is 13.2 Å². The highest BCUT2D eigenvalue weighted by molar-refractivity contribution is 9.10. The predicted octanol–water partition coefficient (Wildman–Crippen LogP) is 6.33. The van der Waals surface area contributed by atoms with Crippen molar-refractivity contribution in [2.24, 2.45) is 0 Å². The lowest BCUT2D eigenvalue weighted by molar-refractivity contribution is -0.138. The van der Waals surface area contributed by atoms with Crippen molar-refractivity contribution < 1.29 is 13.2 Å². The molecule has 0 amide bonds. The van der Waals surface area contributed by atoms with Gasteiger partial charge in [0.15, 0.2) is 0 Å². The van der Waals surface area contributed by atoms with Crippen LogP contribution in [0.25, 0.3) is 0 Å². The fourth-order valence-electron chi connectivity index (χ4n) is 2.64. The third kappa shape index (κ3) is 3.98. The second-order valence-corrected chi connectivity index (χ2v) is 6.11. The van der Waals surface area contributed by atoms with Crippen LogP contribution < -0.4 is 0 Å². The summed E-state index contributed by atoms with van der Waals surface area (Å²) in [6.07, 6.45) is -0.574. The van der Waals surface area contributed by atoms with Crippen LogP contribution in [0.5, 0.6) is 0 Å². The van der Waals surface area contributed by atoms with Gasteiger partial charge in [0.25, 0.3) is 0 Å². The lowest BCUT2D eigenvalue weighted by Gasteiger charge is -2.30. The van der Waals surface area contributed by atoms with Crippen LogP contribution in [-0.4, -0.2) is 0 Å². The third-order valence-corrected chi connectivity index (χ3v) is 4.26. The molecule has 0 radical (unpaired) electrons. The molecule has 0 fully saturated rings. The molecule has 1 aromatic rings. The summed E-state index contributed by atoms with van der Waals surface area (Å²) in [6, 6.07) is 4.63. The van der Waals surface area contributed by atoms with Gasteiger partial charge in [-0.25, -0.2) is 0 Å². The van der Waals surface area contributed by atoms with Gasteiger partial charge in [-0.2, -0.15) is 13.2 Å². The summed E-state index contributed by atoms with van der Waals surface area (Å²) in [5, 5.41) is 0. The molecule has 4 heteroatoms. The Labute approximate surface area is 121 Å². The Morgan fingerprint density at radius 1 is 1.05 bits per heavy atom. The monoisotopic (exact) mass is 336 g/mol. The van der Waals surface area contributed by atoms with Crippen molar-refractivity contribution in [3.8, 4) is 0 Å². The van der Waals surface area contributed by atoms with Crippen molar-refractivity contribution in [1.82, 2.24) is 0 Å². The summed E-state index contributed by atoms with van der Waals surface area (Å²) in [5.74, 6) is 0. The summed E-state index contributed by atoms with van der Waals surface area (Å²) in [7, 11) is 0. The Morgan fingerprint density at radius 2 is 1.58 bits per heavy atom. The van der Waals surface area contributed by atoms with E-state index in [1.54, 1.807) is 0 Å². The van der Waals surface area contributed by atoms with Gasteiger partial charge in [0.05, 0.1) is 5.56 Å². The van der Waals surface area contributed by atoms with E-state index in [1.807, 2.05) is 6.07 Å². The molecule has 0 aliphatic carbocycles. The molecular weight excluding hydrogens is 317 g/mol. The van der Waals surface area contributed by atoms with Crippen molar-refractivity contribution in [3.63, 3.8) is 0 Å². The average Bonchev–Trinajstić information content (AvgIpc) is 2.28. The number of hydrogen-bond acceptors (Lipinski definition) is 0. The Bertz CT molecular complexity index is 418. The number of alkyl halides is 3. The molecule has 0 nitrogen and oxygen atoms in total. The maximum atomic E-state index is 13.0. The highest BCUT2D eigenvalue weighted by Crippen LogP contribution is 2.40. The van der Waals surface area contributed by atoms with Crippen molar-refractivity contribution in [1.29, 1.82) is 0 Å². The van der Waals surface area contributed by atoms with Gasteiger partial charge < -0.3 is 0 Å². The lowest BCUT2D eigenvalue weighted by Crippen LogP contribution is -2.22. The van der Waals surface area contributed by atoms with Crippen molar-refractivity contribution in [2.45, 2.75) is 58.0 Å². The summed E-state index contributed by atoms with van der Waals surface area (Å²) >= 11 is 2.99.